The van der Waals surface area contributed by atoms with Gasteiger partial charge in [-0.25, -0.2) is 4.79 Å². The first kappa shape index (κ1) is 24.0. The van der Waals surface area contributed by atoms with Gasteiger partial charge in [0.1, 0.15) is 34.5 Å². The molecule has 7 heteroatoms. The van der Waals surface area contributed by atoms with E-state index in [2.05, 4.69) is 13.0 Å². The molecule has 1 atom stereocenters. The summed E-state index contributed by atoms with van der Waals surface area (Å²) in [6.45, 7) is 6.35. The van der Waals surface area contributed by atoms with Gasteiger partial charge in [-0.05, 0) is 61.7 Å². The average Bonchev–Trinajstić information content (AvgIpc) is 3.23. The van der Waals surface area contributed by atoms with Crippen molar-refractivity contribution < 1.29 is 23.4 Å². The first-order chi connectivity index (χ1) is 17.9. The molecular formula is C30H26N2O5. The number of fused-ring (bicyclic) bond motifs is 2. The third-order valence-corrected chi connectivity index (χ3v) is 6.50. The second-order valence-corrected chi connectivity index (χ2v) is 8.76. The zero-order chi connectivity index (χ0) is 26.1. The van der Waals surface area contributed by atoms with Crippen molar-refractivity contribution in [2.75, 3.05) is 6.61 Å². The van der Waals surface area contributed by atoms with Crippen LogP contribution in [0.15, 0.2) is 76.5 Å². The van der Waals surface area contributed by atoms with Crippen LogP contribution in [0.3, 0.4) is 0 Å². The molecule has 0 spiro atoms. The van der Waals surface area contributed by atoms with Crippen molar-refractivity contribution >= 4 is 16.9 Å². The van der Waals surface area contributed by atoms with Gasteiger partial charge in [0.05, 0.1) is 12.5 Å². The number of hydrogen-bond acceptors (Lipinski definition) is 7. The van der Waals surface area contributed by atoms with E-state index in [-0.39, 0.29) is 17.4 Å². The van der Waals surface area contributed by atoms with Crippen molar-refractivity contribution in [2.45, 2.75) is 33.1 Å². The lowest BCUT2D eigenvalue weighted by Crippen LogP contribution is -2.21. The number of esters is 1. The summed E-state index contributed by atoms with van der Waals surface area (Å²) < 4.78 is 22.9. The molecule has 1 aliphatic heterocycles. The van der Waals surface area contributed by atoms with Crippen molar-refractivity contribution in [3.8, 4) is 23.3 Å². The summed E-state index contributed by atoms with van der Waals surface area (Å²) >= 11 is 0. The van der Waals surface area contributed by atoms with Gasteiger partial charge in [0.25, 0.3) is 0 Å². The highest BCUT2D eigenvalue weighted by molar-refractivity contribution is 5.97. The Kier molecular flexibility index (Phi) is 6.33. The number of carbonyl (C=O) groups is 1. The van der Waals surface area contributed by atoms with Gasteiger partial charge in [-0.1, -0.05) is 31.2 Å². The van der Waals surface area contributed by atoms with Gasteiger partial charge in [0.15, 0.2) is 0 Å². The van der Waals surface area contributed by atoms with E-state index in [0.29, 0.717) is 29.3 Å². The number of hydrogen-bond donors (Lipinski definition) is 1. The maximum Gasteiger partial charge on any atom is 0.379 e. The van der Waals surface area contributed by atoms with E-state index in [1.807, 2.05) is 56.3 Å². The molecule has 1 unspecified atom stereocenters. The minimum atomic E-state index is -0.607. The van der Waals surface area contributed by atoms with Gasteiger partial charge < -0.3 is 24.4 Å². The summed E-state index contributed by atoms with van der Waals surface area (Å²) in [5, 5.41) is 10.7. The summed E-state index contributed by atoms with van der Waals surface area (Å²) in [6.07, 6.45) is 0.886. The van der Waals surface area contributed by atoms with E-state index in [0.717, 1.165) is 34.1 Å². The standard InChI is InChI=1S/C30H26N2O5/c1-4-18-9-12-25-23(13-18)17(3)28(36-25)30(33)35-21-10-11-22-26(15-21)37-29(32)24(16-31)27(22)19-7-6-8-20(14-19)34-5-2/h6-15,27H,4-5,32H2,1-3H3. The topological polar surface area (TPSA) is 108 Å². The molecule has 4 aromatic rings. The van der Waals surface area contributed by atoms with Gasteiger partial charge in [0.2, 0.25) is 11.6 Å². The van der Waals surface area contributed by atoms with Crippen LogP contribution in [0.25, 0.3) is 11.0 Å². The van der Waals surface area contributed by atoms with Crippen LogP contribution in [0, 0.1) is 18.3 Å². The minimum absolute atomic E-state index is 0.00477. The van der Waals surface area contributed by atoms with E-state index in [4.69, 9.17) is 24.4 Å². The number of rotatable bonds is 6. The quantitative estimate of drug-likeness (QED) is 0.253. The summed E-state index contributed by atoms with van der Waals surface area (Å²) in [5.74, 6) is 0.468. The van der Waals surface area contributed by atoms with Crippen molar-refractivity contribution in [1.29, 1.82) is 5.26 Å². The Morgan fingerprint density at radius 1 is 1.08 bits per heavy atom. The summed E-state index contributed by atoms with van der Waals surface area (Å²) in [4.78, 5) is 13.0. The third kappa shape index (κ3) is 4.38. The molecule has 5 rings (SSSR count). The van der Waals surface area contributed by atoms with E-state index >= 15 is 0 Å². The maximum atomic E-state index is 13.0. The smallest absolute Gasteiger partial charge is 0.379 e. The number of nitrogens with zero attached hydrogens (tertiary/aromatic N) is 1. The number of ether oxygens (including phenoxy) is 3. The van der Waals surface area contributed by atoms with Gasteiger partial charge in [-0.2, -0.15) is 5.26 Å². The van der Waals surface area contributed by atoms with Crippen LogP contribution >= 0.6 is 0 Å². The molecule has 0 radical (unpaired) electrons. The van der Waals surface area contributed by atoms with Crippen LogP contribution in [0.2, 0.25) is 0 Å². The summed E-state index contributed by atoms with van der Waals surface area (Å²) in [6, 6.07) is 20.6. The molecule has 7 nitrogen and oxygen atoms in total. The summed E-state index contributed by atoms with van der Waals surface area (Å²) in [5.41, 5.74) is 10.5. The molecule has 0 amide bonds. The monoisotopic (exact) mass is 494 g/mol. The van der Waals surface area contributed by atoms with Crippen molar-refractivity contribution in [3.05, 3.63) is 100 Å². The molecule has 1 aliphatic rings. The number of furan rings is 1. The lowest BCUT2D eigenvalue weighted by Gasteiger charge is -2.27. The lowest BCUT2D eigenvalue weighted by molar-refractivity contribution is 0.0702. The molecule has 1 aromatic heterocycles. The highest BCUT2D eigenvalue weighted by atomic mass is 16.5. The first-order valence-electron chi connectivity index (χ1n) is 12.1. The van der Waals surface area contributed by atoms with Crippen LogP contribution in [-0.4, -0.2) is 12.6 Å². The van der Waals surface area contributed by atoms with Gasteiger partial charge >= 0.3 is 5.97 Å². The molecule has 2 N–H and O–H groups in total. The first-order valence-corrected chi connectivity index (χ1v) is 12.1. The molecule has 2 heterocycles. The van der Waals surface area contributed by atoms with Crippen molar-refractivity contribution in [1.82, 2.24) is 0 Å². The van der Waals surface area contributed by atoms with Crippen molar-refractivity contribution in [3.63, 3.8) is 0 Å². The molecular weight excluding hydrogens is 468 g/mol. The predicted octanol–water partition coefficient (Wildman–Crippen LogP) is 6.14. The number of nitriles is 1. The molecule has 37 heavy (non-hydrogen) atoms. The Hall–Kier alpha value is -4.70. The number of nitrogens with two attached hydrogens (primary N) is 1. The van der Waals surface area contributed by atoms with Crippen molar-refractivity contribution in [2.24, 2.45) is 5.73 Å². The number of aryl methyl sites for hydroxylation is 2. The molecule has 0 aliphatic carbocycles. The number of allylic oxidation sites excluding steroid dienone is 1. The van der Waals surface area contributed by atoms with E-state index < -0.39 is 11.9 Å². The minimum Gasteiger partial charge on any atom is -0.494 e. The van der Waals surface area contributed by atoms with Gasteiger partial charge in [0, 0.05) is 22.6 Å². The highest BCUT2D eigenvalue weighted by Crippen LogP contribution is 2.44. The molecule has 0 bridgehead atoms. The molecule has 0 fully saturated rings. The zero-order valence-corrected chi connectivity index (χ0v) is 20.8. The zero-order valence-electron chi connectivity index (χ0n) is 20.8. The predicted molar refractivity (Wildman–Crippen MR) is 139 cm³/mol. The molecule has 0 saturated carbocycles. The molecule has 186 valence electrons. The Labute approximate surface area is 214 Å². The van der Waals surface area contributed by atoms with Crippen LogP contribution in [0.1, 0.15) is 52.6 Å². The average molecular weight is 495 g/mol. The van der Waals surface area contributed by atoms with E-state index in [9.17, 15) is 10.1 Å². The maximum absolute atomic E-state index is 13.0. The molecule has 3 aromatic carbocycles. The van der Waals surface area contributed by atoms with Crippen LogP contribution in [0.5, 0.6) is 17.2 Å². The summed E-state index contributed by atoms with van der Waals surface area (Å²) in [7, 11) is 0. The Morgan fingerprint density at radius 3 is 2.68 bits per heavy atom. The SMILES string of the molecule is CCOc1cccc(C2C(C#N)=C(N)Oc3cc(OC(=O)c4oc5ccc(CC)cc5c4C)ccc32)c1. The number of benzene rings is 3. The second kappa shape index (κ2) is 9.75. The molecule has 0 saturated heterocycles. The lowest BCUT2D eigenvalue weighted by atomic mass is 9.83. The Morgan fingerprint density at radius 2 is 1.92 bits per heavy atom. The fourth-order valence-corrected chi connectivity index (χ4v) is 4.63. The Bertz CT molecular complexity index is 1590. The largest absolute Gasteiger partial charge is 0.494 e. The van der Waals surface area contributed by atoms with E-state index in [1.165, 1.54) is 0 Å². The number of carbonyl (C=O) groups excluding carboxylic acids is 1. The van der Waals surface area contributed by atoms with Gasteiger partial charge in [-0.15, -0.1) is 0 Å². The van der Waals surface area contributed by atoms with Gasteiger partial charge in [-0.3, -0.25) is 0 Å². The van der Waals surface area contributed by atoms with Crippen LogP contribution in [0.4, 0.5) is 0 Å². The second-order valence-electron chi connectivity index (χ2n) is 8.76. The normalized spacial score (nSPS) is 14.6. The highest BCUT2D eigenvalue weighted by Gasteiger charge is 2.31. The van der Waals surface area contributed by atoms with Crippen LogP contribution in [-0.2, 0) is 6.42 Å². The fourth-order valence-electron chi connectivity index (χ4n) is 4.63. The van der Waals surface area contributed by atoms with Crippen LogP contribution < -0.4 is 19.9 Å². The third-order valence-electron chi connectivity index (χ3n) is 6.50. The Balaban J connectivity index is 1.47. The van der Waals surface area contributed by atoms with E-state index in [1.54, 1.807) is 18.2 Å². The fraction of sp³-hybridized carbons (Fsp3) is 0.200.